The lowest BCUT2D eigenvalue weighted by Crippen LogP contribution is -2.37. The molecule has 0 spiro atoms. The minimum absolute atomic E-state index is 0.0267. The maximum atomic E-state index is 12.2. The topological polar surface area (TPSA) is 104 Å². The molecule has 0 saturated carbocycles. The van der Waals surface area contributed by atoms with Crippen molar-refractivity contribution in [3.63, 3.8) is 0 Å². The van der Waals surface area contributed by atoms with Gasteiger partial charge < -0.3 is 10.4 Å². The summed E-state index contributed by atoms with van der Waals surface area (Å²) in [6, 6.07) is 9.27. The first-order chi connectivity index (χ1) is 12.9. The van der Waals surface area contributed by atoms with E-state index in [1.54, 1.807) is 0 Å². The molecule has 0 aliphatic carbocycles. The highest BCUT2D eigenvalue weighted by molar-refractivity contribution is 7.89. The normalized spacial score (nSPS) is 16.1. The molecule has 1 aromatic carbocycles. The Balaban J connectivity index is 1.82. The summed E-state index contributed by atoms with van der Waals surface area (Å²) in [4.78, 5) is 23.1. The molecule has 1 aliphatic heterocycles. The Labute approximate surface area is 160 Å². The summed E-state index contributed by atoms with van der Waals surface area (Å²) < 4.78 is 25.9. The van der Waals surface area contributed by atoms with Crippen molar-refractivity contribution in [3.05, 3.63) is 35.9 Å². The number of carbonyl (C=O) groups is 2. The van der Waals surface area contributed by atoms with Crippen molar-refractivity contribution in [1.82, 2.24) is 9.62 Å². The second-order valence-electron chi connectivity index (χ2n) is 6.91. The number of carboxylic acids is 1. The predicted octanol–water partition coefficient (Wildman–Crippen LogP) is 1.78. The molecule has 27 heavy (non-hydrogen) atoms. The summed E-state index contributed by atoms with van der Waals surface area (Å²) in [6.45, 7) is 1.14. The molecule has 1 aliphatic rings. The van der Waals surface area contributed by atoms with Gasteiger partial charge in [0.05, 0.1) is 5.75 Å². The van der Waals surface area contributed by atoms with Crippen LogP contribution >= 0.6 is 0 Å². The average molecular weight is 397 g/mol. The third-order valence-corrected chi connectivity index (χ3v) is 6.62. The lowest BCUT2D eigenvalue weighted by atomic mass is 10.0. The number of rotatable bonds is 11. The summed E-state index contributed by atoms with van der Waals surface area (Å²) in [6.07, 6.45) is 3.02. The van der Waals surface area contributed by atoms with Crippen molar-refractivity contribution >= 4 is 21.9 Å². The maximum Gasteiger partial charge on any atom is 0.303 e. The molecular weight excluding hydrogens is 368 g/mol. The van der Waals surface area contributed by atoms with Gasteiger partial charge in [-0.1, -0.05) is 30.3 Å². The van der Waals surface area contributed by atoms with Gasteiger partial charge in [0.25, 0.3) is 0 Å². The fraction of sp³-hybridized carbons (Fsp3) is 0.579. The number of amides is 1. The molecule has 8 heteroatoms. The summed E-state index contributed by atoms with van der Waals surface area (Å²) in [5.74, 6) is -1.17. The van der Waals surface area contributed by atoms with Crippen LogP contribution in [0.15, 0.2) is 30.3 Å². The van der Waals surface area contributed by atoms with E-state index in [0.29, 0.717) is 25.9 Å². The molecule has 1 fully saturated rings. The lowest BCUT2D eigenvalue weighted by molar-refractivity contribution is -0.137. The number of carbonyl (C=O) groups excluding carboxylic acids is 1. The van der Waals surface area contributed by atoms with E-state index in [9.17, 15) is 18.0 Å². The van der Waals surface area contributed by atoms with E-state index >= 15 is 0 Å². The third kappa shape index (κ3) is 7.68. The van der Waals surface area contributed by atoms with Gasteiger partial charge in [0.1, 0.15) is 0 Å². The van der Waals surface area contributed by atoms with Crippen LogP contribution in [0, 0.1) is 0 Å². The number of nitrogens with one attached hydrogen (secondary N) is 1. The number of hydrogen-bond acceptors (Lipinski definition) is 4. The van der Waals surface area contributed by atoms with Gasteiger partial charge in [-0.05, 0) is 37.7 Å². The van der Waals surface area contributed by atoms with Crippen molar-refractivity contribution in [2.75, 3.05) is 18.8 Å². The summed E-state index contributed by atoms with van der Waals surface area (Å²) >= 11 is 0. The van der Waals surface area contributed by atoms with E-state index in [-0.39, 0.29) is 37.0 Å². The first-order valence-electron chi connectivity index (χ1n) is 9.40. The Kier molecular flexibility index (Phi) is 8.24. The number of benzene rings is 1. The molecule has 0 bridgehead atoms. The molecule has 1 amide bonds. The van der Waals surface area contributed by atoms with Gasteiger partial charge in [0.15, 0.2) is 0 Å². The summed E-state index contributed by atoms with van der Waals surface area (Å²) in [7, 11) is -3.28. The summed E-state index contributed by atoms with van der Waals surface area (Å²) in [5.41, 5.74) is 1.02. The molecule has 1 aromatic rings. The van der Waals surface area contributed by atoms with Gasteiger partial charge in [-0.2, -0.15) is 0 Å². The van der Waals surface area contributed by atoms with Gasteiger partial charge in [0, 0.05) is 32.0 Å². The van der Waals surface area contributed by atoms with Crippen molar-refractivity contribution in [3.8, 4) is 0 Å². The van der Waals surface area contributed by atoms with Crippen molar-refractivity contribution < 1.29 is 23.1 Å². The zero-order chi connectivity index (χ0) is 19.7. The molecule has 2 N–H and O–H groups in total. The molecule has 1 heterocycles. The standard InChI is InChI=1S/C19H28N2O5S/c22-18(9-6-14-27(25,26)21-12-4-5-13-21)20-17(10-11-19(23)24)15-16-7-2-1-3-8-16/h1-3,7-8,17H,4-6,9-15H2,(H,20,22)(H,23,24). The quantitative estimate of drug-likeness (QED) is 0.593. The van der Waals surface area contributed by atoms with E-state index in [1.165, 1.54) is 4.31 Å². The molecule has 1 atom stereocenters. The second-order valence-corrected chi connectivity index (χ2v) is 9.00. The van der Waals surface area contributed by atoms with Gasteiger partial charge in [0.2, 0.25) is 15.9 Å². The van der Waals surface area contributed by atoms with Crippen LogP contribution in [-0.2, 0) is 26.0 Å². The predicted molar refractivity (Wildman–Crippen MR) is 103 cm³/mol. The van der Waals surface area contributed by atoms with Crippen LogP contribution < -0.4 is 5.32 Å². The molecule has 150 valence electrons. The van der Waals surface area contributed by atoms with Crippen LogP contribution in [0.4, 0.5) is 0 Å². The minimum Gasteiger partial charge on any atom is -0.481 e. The minimum atomic E-state index is -3.28. The Morgan fingerprint density at radius 2 is 1.78 bits per heavy atom. The molecule has 2 rings (SSSR count). The number of aliphatic carboxylic acids is 1. The van der Waals surface area contributed by atoms with E-state index in [1.807, 2.05) is 30.3 Å². The number of carboxylic acid groups (broad SMARTS) is 1. The number of sulfonamides is 1. The monoisotopic (exact) mass is 396 g/mol. The van der Waals surface area contributed by atoms with Crippen molar-refractivity contribution in [1.29, 1.82) is 0 Å². The van der Waals surface area contributed by atoms with Crippen molar-refractivity contribution in [2.45, 2.75) is 51.0 Å². The van der Waals surface area contributed by atoms with Gasteiger partial charge in [-0.15, -0.1) is 0 Å². The van der Waals surface area contributed by atoms with E-state index in [4.69, 9.17) is 5.11 Å². The molecule has 1 saturated heterocycles. The third-order valence-electron chi connectivity index (χ3n) is 4.66. The molecule has 7 nitrogen and oxygen atoms in total. The van der Waals surface area contributed by atoms with Crippen LogP contribution in [0.3, 0.4) is 0 Å². The second kappa shape index (κ2) is 10.4. The van der Waals surface area contributed by atoms with E-state index < -0.39 is 16.0 Å². The van der Waals surface area contributed by atoms with Crippen LogP contribution in [0.5, 0.6) is 0 Å². The summed E-state index contributed by atoms with van der Waals surface area (Å²) in [5, 5.41) is 11.8. The van der Waals surface area contributed by atoms with Gasteiger partial charge in [-0.3, -0.25) is 9.59 Å². The fourth-order valence-corrected chi connectivity index (χ4v) is 4.81. The van der Waals surface area contributed by atoms with Crippen LogP contribution in [0.25, 0.3) is 0 Å². The molecule has 0 radical (unpaired) electrons. The Morgan fingerprint density at radius 3 is 2.41 bits per heavy atom. The molecule has 1 unspecified atom stereocenters. The van der Waals surface area contributed by atoms with Gasteiger partial charge >= 0.3 is 5.97 Å². The van der Waals surface area contributed by atoms with E-state index in [0.717, 1.165) is 18.4 Å². The first kappa shape index (κ1) is 21.4. The maximum absolute atomic E-state index is 12.2. The van der Waals surface area contributed by atoms with E-state index in [2.05, 4.69) is 5.32 Å². The largest absolute Gasteiger partial charge is 0.481 e. The highest BCUT2D eigenvalue weighted by Gasteiger charge is 2.25. The van der Waals surface area contributed by atoms with Crippen LogP contribution in [-0.4, -0.2) is 54.6 Å². The molecular formula is C19H28N2O5S. The Hall–Kier alpha value is -1.93. The number of nitrogens with zero attached hydrogens (tertiary/aromatic N) is 1. The zero-order valence-electron chi connectivity index (χ0n) is 15.5. The van der Waals surface area contributed by atoms with Crippen LogP contribution in [0.2, 0.25) is 0 Å². The first-order valence-corrected chi connectivity index (χ1v) is 11.0. The SMILES string of the molecule is O=C(O)CCC(Cc1ccccc1)NC(=O)CCCS(=O)(=O)N1CCCC1. The molecule has 0 aromatic heterocycles. The van der Waals surface area contributed by atoms with Gasteiger partial charge in [-0.25, -0.2) is 12.7 Å². The smallest absolute Gasteiger partial charge is 0.303 e. The zero-order valence-corrected chi connectivity index (χ0v) is 16.3. The average Bonchev–Trinajstić information content (AvgIpc) is 3.16. The lowest BCUT2D eigenvalue weighted by Gasteiger charge is -2.19. The Bertz CT molecular complexity index is 715. The van der Waals surface area contributed by atoms with Crippen LogP contribution in [0.1, 0.15) is 44.1 Å². The van der Waals surface area contributed by atoms with Crippen molar-refractivity contribution in [2.24, 2.45) is 0 Å². The number of hydrogen-bond donors (Lipinski definition) is 2. The fourth-order valence-electron chi connectivity index (χ4n) is 3.23. The Morgan fingerprint density at radius 1 is 1.11 bits per heavy atom. The highest BCUT2D eigenvalue weighted by atomic mass is 32.2. The highest BCUT2D eigenvalue weighted by Crippen LogP contribution is 2.14.